The number of ether oxygens (including phenoxy) is 3. The van der Waals surface area contributed by atoms with Gasteiger partial charge in [-0.3, -0.25) is 4.79 Å². The van der Waals surface area contributed by atoms with Crippen LogP contribution in [0.3, 0.4) is 0 Å². The minimum atomic E-state index is -4.83. The van der Waals surface area contributed by atoms with Crippen LogP contribution in [0.2, 0.25) is 0 Å². The lowest BCUT2D eigenvalue weighted by Crippen LogP contribution is -2.41. The largest absolute Gasteiger partial charge is 0.491 e. The van der Waals surface area contributed by atoms with Crippen molar-refractivity contribution in [2.75, 3.05) is 36.9 Å². The monoisotopic (exact) mass is 693 g/mol. The van der Waals surface area contributed by atoms with E-state index < -0.39 is 12.3 Å². The second kappa shape index (κ2) is 14.2. The van der Waals surface area contributed by atoms with Crippen LogP contribution in [0.5, 0.6) is 11.6 Å². The third kappa shape index (κ3) is 7.80. The zero-order valence-electron chi connectivity index (χ0n) is 28.5. The molecule has 50 heavy (non-hydrogen) atoms. The topological polar surface area (TPSA) is 130 Å². The molecule has 11 nitrogen and oxygen atoms in total. The van der Waals surface area contributed by atoms with Gasteiger partial charge in [0, 0.05) is 37.5 Å². The van der Waals surface area contributed by atoms with Crippen LogP contribution >= 0.6 is 0 Å². The first-order valence-corrected chi connectivity index (χ1v) is 16.8. The number of nitrogens with two attached hydrogens (primary N) is 1. The maximum Gasteiger partial charge on any atom is 0.429 e. The number of hydrogen-bond donors (Lipinski definition) is 2. The van der Waals surface area contributed by atoms with Gasteiger partial charge in [0.1, 0.15) is 17.6 Å². The van der Waals surface area contributed by atoms with Gasteiger partial charge in [0.05, 0.1) is 24.1 Å². The first-order chi connectivity index (χ1) is 23.8. The lowest BCUT2D eigenvalue weighted by Gasteiger charge is -2.39. The first-order valence-electron chi connectivity index (χ1n) is 16.8. The fraction of sp³-hybridized carbons (Fsp3) is 0.444. The van der Waals surface area contributed by atoms with Crippen LogP contribution < -0.4 is 25.4 Å². The number of benzene rings is 2. The van der Waals surface area contributed by atoms with Crippen LogP contribution in [0.25, 0.3) is 16.8 Å². The number of nitrogen functional groups attached to an aromatic ring is 1. The number of rotatable bonds is 10. The van der Waals surface area contributed by atoms with Gasteiger partial charge in [0.15, 0.2) is 0 Å². The molecule has 0 saturated carbocycles. The zero-order chi connectivity index (χ0) is 35.6. The summed E-state index contributed by atoms with van der Waals surface area (Å²) >= 11 is 0. The van der Waals surface area contributed by atoms with Crippen molar-refractivity contribution < 1.29 is 32.2 Å². The normalized spacial score (nSPS) is 18.0. The van der Waals surface area contributed by atoms with Gasteiger partial charge in [0.25, 0.3) is 0 Å². The molecule has 14 heteroatoms. The number of carbonyl (C=O) groups excluding carboxylic acids is 1. The molecule has 4 aromatic rings. The summed E-state index contributed by atoms with van der Waals surface area (Å²) in [5.41, 5.74) is 8.09. The summed E-state index contributed by atoms with van der Waals surface area (Å²) in [7, 11) is 0. The third-order valence-corrected chi connectivity index (χ3v) is 9.14. The molecular formula is C36H42F3N7O4. The predicted octanol–water partition coefficient (Wildman–Crippen LogP) is 6.20. The molecule has 0 bridgehead atoms. The quantitative estimate of drug-likeness (QED) is 0.185. The molecule has 0 unspecified atom stereocenters. The van der Waals surface area contributed by atoms with E-state index in [9.17, 15) is 18.0 Å². The summed E-state index contributed by atoms with van der Waals surface area (Å²) in [6.07, 6.45) is -3.48. The molecular weight excluding hydrogens is 651 g/mol. The van der Waals surface area contributed by atoms with Gasteiger partial charge in [-0.05, 0) is 87.8 Å². The molecule has 2 atom stereocenters. The molecule has 0 amide bonds. The molecule has 2 aromatic carbocycles. The van der Waals surface area contributed by atoms with E-state index >= 15 is 0 Å². The second-order valence-electron chi connectivity index (χ2n) is 13.2. The van der Waals surface area contributed by atoms with Crippen molar-refractivity contribution >= 4 is 17.7 Å². The van der Waals surface area contributed by atoms with Crippen molar-refractivity contribution in [1.29, 1.82) is 0 Å². The van der Waals surface area contributed by atoms with Crippen LogP contribution in [-0.4, -0.2) is 70.3 Å². The number of carbonyl (C=O) groups is 1. The van der Waals surface area contributed by atoms with Crippen molar-refractivity contribution in [3.63, 3.8) is 0 Å². The number of nitrogens with one attached hydrogen (secondary N) is 1. The van der Waals surface area contributed by atoms with Crippen molar-refractivity contribution in [2.45, 2.75) is 71.4 Å². The molecule has 4 heterocycles. The molecule has 2 aliphatic rings. The number of nitrogens with zero attached hydrogens (tertiary/aromatic N) is 5. The Kier molecular flexibility index (Phi) is 9.92. The van der Waals surface area contributed by atoms with Gasteiger partial charge in [-0.25, -0.2) is 4.68 Å². The second-order valence-corrected chi connectivity index (χ2v) is 13.2. The summed E-state index contributed by atoms with van der Waals surface area (Å²) in [6, 6.07) is 14.8. The highest BCUT2D eigenvalue weighted by Gasteiger charge is 2.46. The fourth-order valence-corrected chi connectivity index (χ4v) is 6.71. The van der Waals surface area contributed by atoms with Gasteiger partial charge in [-0.2, -0.15) is 28.2 Å². The van der Waals surface area contributed by atoms with Crippen molar-refractivity contribution in [3.05, 3.63) is 72.1 Å². The van der Waals surface area contributed by atoms with Gasteiger partial charge in [-0.15, -0.1) is 0 Å². The summed E-state index contributed by atoms with van der Waals surface area (Å²) in [4.78, 5) is 22.6. The van der Waals surface area contributed by atoms with Crippen molar-refractivity contribution in [1.82, 2.24) is 25.1 Å². The number of anilines is 2. The van der Waals surface area contributed by atoms with E-state index in [1.807, 2.05) is 43.0 Å². The average molecular weight is 694 g/mol. The van der Waals surface area contributed by atoms with E-state index in [-0.39, 0.29) is 46.6 Å². The zero-order valence-corrected chi connectivity index (χ0v) is 28.5. The Morgan fingerprint density at radius 2 is 1.82 bits per heavy atom. The Hall–Kier alpha value is -4.85. The highest BCUT2D eigenvalue weighted by Crippen LogP contribution is 2.43. The molecule has 2 fully saturated rings. The smallest absolute Gasteiger partial charge is 0.429 e. The van der Waals surface area contributed by atoms with Crippen molar-refractivity contribution in [2.24, 2.45) is 5.41 Å². The van der Waals surface area contributed by atoms with E-state index in [2.05, 4.69) is 20.4 Å². The predicted molar refractivity (Wildman–Crippen MR) is 182 cm³/mol. The Labute approximate surface area is 288 Å². The minimum absolute atomic E-state index is 0.0435. The molecule has 6 rings (SSSR count). The van der Waals surface area contributed by atoms with Crippen LogP contribution in [-0.2, 0) is 9.53 Å². The van der Waals surface area contributed by atoms with Crippen molar-refractivity contribution in [3.8, 4) is 28.4 Å². The fourth-order valence-electron chi connectivity index (χ4n) is 6.71. The Bertz CT molecular complexity index is 1820. The molecule has 2 aliphatic heterocycles. The van der Waals surface area contributed by atoms with E-state index in [0.717, 1.165) is 18.4 Å². The van der Waals surface area contributed by atoms with Crippen LogP contribution in [0, 0.1) is 12.3 Å². The SMILES string of the molecule is CCOC(=O)[C@@H]1CC2(CCN(c3cc(O[C@H](c4ccc(-c5cccc(OC(C)C)c5)cc4-n4ccc(C)n4)C(F)(F)F)nc(N)n3)CC2)CN1. The lowest BCUT2D eigenvalue weighted by atomic mass is 9.76. The highest BCUT2D eigenvalue weighted by molar-refractivity contribution is 5.76. The highest BCUT2D eigenvalue weighted by atomic mass is 19.4. The summed E-state index contributed by atoms with van der Waals surface area (Å²) in [5, 5.41) is 7.72. The average Bonchev–Trinajstić information content (AvgIpc) is 3.69. The number of aryl methyl sites for hydroxylation is 1. The van der Waals surface area contributed by atoms with Crippen LogP contribution in [0.4, 0.5) is 24.9 Å². The lowest BCUT2D eigenvalue weighted by molar-refractivity contribution is -0.198. The Balaban J connectivity index is 1.27. The van der Waals surface area contributed by atoms with Crippen LogP contribution in [0.15, 0.2) is 60.8 Å². The van der Waals surface area contributed by atoms with Gasteiger partial charge in [0.2, 0.25) is 17.9 Å². The number of piperidine rings is 1. The Morgan fingerprint density at radius 3 is 2.50 bits per heavy atom. The number of halogens is 3. The molecule has 0 aliphatic carbocycles. The summed E-state index contributed by atoms with van der Waals surface area (Å²) in [5.74, 6) is 0.271. The summed E-state index contributed by atoms with van der Waals surface area (Å²) in [6.45, 7) is 9.54. The third-order valence-electron chi connectivity index (χ3n) is 9.14. The molecule has 266 valence electrons. The van der Waals surface area contributed by atoms with Gasteiger partial charge < -0.3 is 30.2 Å². The minimum Gasteiger partial charge on any atom is -0.491 e. The van der Waals surface area contributed by atoms with E-state index in [1.54, 1.807) is 38.2 Å². The number of alkyl halides is 3. The first kappa shape index (κ1) is 35.0. The van der Waals surface area contributed by atoms with E-state index in [1.165, 1.54) is 16.8 Å². The number of hydrogen-bond acceptors (Lipinski definition) is 10. The van der Waals surface area contributed by atoms with Gasteiger partial charge in [-0.1, -0.05) is 24.3 Å². The van der Waals surface area contributed by atoms with E-state index in [4.69, 9.17) is 19.9 Å². The molecule has 3 N–H and O–H groups in total. The summed E-state index contributed by atoms with van der Waals surface area (Å²) < 4.78 is 63.0. The molecule has 0 radical (unpaired) electrons. The molecule has 2 aromatic heterocycles. The Morgan fingerprint density at radius 1 is 1.06 bits per heavy atom. The molecule has 1 spiro atoms. The van der Waals surface area contributed by atoms with Gasteiger partial charge >= 0.3 is 12.1 Å². The number of aromatic nitrogens is 4. The maximum atomic E-state index is 15.0. The van der Waals surface area contributed by atoms with E-state index in [0.29, 0.717) is 55.5 Å². The molecule has 2 saturated heterocycles. The standard InChI is InChI=1S/C36H42F3N7O4/c1-5-48-33(47)28-20-35(21-41-28)12-15-45(16-13-35)30-19-31(43-34(40)42-30)50-32(36(37,38)39)27-10-9-25(18-29(27)46-14-11-23(4)44-46)24-7-6-8-26(17-24)49-22(2)3/h6-11,14,17-19,22,28,32,41H,5,12-13,15-16,20-21H2,1-4H3,(H2,40,42,43)/t28-,32+/m0/s1. The maximum absolute atomic E-state index is 15.0. The number of esters is 1. The van der Waals surface area contributed by atoms with Crippen LogP contribution in [0.1, 0.15) is 57.4 Å².